The molecule has 1 unspecified atom stereocenters. The van der Waals surface area contributed by atoms with Crippen molar-refractivity contribution in [3.05, 3.63) is 82.7 Å². The van der Waals surface area contributed by atoms with E-state index in [4.69, 9.17) is 0 Å². The van der Waals surface area contributed by atoms with E-state index >= 15 is 0 Å². The monoisotopic (exact) mass is 338 g/mol. The molecule has 0 aliphatic heterocycles. The SMILES string of the molecule is Cc1cccc(-n2ncc3c2CC(c2cc(F)cc(F)c2)CC3=O)c1. The fourth-order valence-corrected chi connectivity index (χ4v) is 3.47. The van der Waals surface area contributed by atoms with E-state index in [1.165, 1.54) is 12.1 Å². The maximum atomic E-state index is 13.6. The summed E-state index contributed by atoms with van der Waals surface area (Å²) in [5.41, 5.74) is 3.85. The second kappa shape index (κ2) is 5.92. The van der Waals surface area contributed by atoms with Crippen LogP contribution >= 0.6 is 0 Å². The van der Waals surface area contributed by atoms with Crippen molar-refractivity contribution < 1.29 is 13.6 Å². The Morgan fingerprint density at radius 2 is 1.84 bits per heavy atom. The fraction of sp³-hybridized carbons (Fsp3) is 0.200. The molecule has 1 atom stereocenters. The zero-order valence-corrected chi connectivity index (χ0v) is 13.7. The van der Waals surface area contributed by atoms with Gasteiger partial charge in [0.25, 0.3) is 0 Å². The van der Waals surface area contributed by atoms with E-state index < -0.39 is 11.6 Å². The lowest BCUT2D eigenvalue weighted by Crippen LogP contribution is -2.20. The Kier molecular flexibility index (Phi) is 3.71. The van der Waals surface area contributed by atoms with Crippen molar-refractivity contribution in [1.29, 1.82) is 0 Å². The van der Waals surface area contributed by atoms with E-state index in [-0.39, 0.29) is 18.1 Å². The highest BCUT2D eigenvalue weighted by Crippen LogP contribution is 2.34. The smallest absolute Gasteiger partial charge is 0.166 e. The van der Waals surface area contributed by atoms with Crippen LogP contribution in [0.4, 0.5) is 8.78 Å². The zero-order valence-electron chi connectivity index (χ0n) is 13.7. The number of carbonyl (C=O) groups excluding carboxylic acids is 1. The Hall–Kier alpha value is -2.82. The van der Waals surface area contributed by atoms with Crippen LogP contribution in [-0.4, -0.2) is 15.6 Å². The molecule has 2 aromatic carbocycles. The van der Waals surface area contributed by atoms with Crippen LogP contribution in [0.25, 0.3) is 5.69 Å². The van der Waals surface area contributed by atoms with Gasteiger partial charge in [0.2, 0.25) is 0 Å². The Morgan fingerprint density at radius 3 is 2.56 bits per heavy atom. The first-order valence-corrected chi connectivity index (χ1v) is 8.14. The fourth-order valence-electron chi connectivity index (χ4n) is 3.47. The molecular formula is C20H16F2N2O. The molecule has 1 aromatic heterocycles. The lowest BCUT2D eigenvalue weighted by molar-refractivity contribution is 0.0963. The third kappa shape index (κ3) is 2.86. The van der Waals surface area contributed by atoms with Crippen LogP contribution in [0, 0.1) is 18.6 Å². The molecule has 1 heterocycles. The van der Waals surface area contributed by atoms with E-state index in [9.17, 15) is 13.6 Å². The van der Waals surface area contributed by atoms with E-state index in [1.807, 2.05) is 31.2 Å². The Balaban J connectivity index is 1.77. The quantitative estimate of drug-likeness (QED) is 0.695. The van der Waals surface area contributed by atoms with E-state index in [0.29, 0.717) is 17.5 Å². The Labute approximate surface area is 143 Å². The van der Waals surface area contributed by atoms with Crippen LogP contribution < -0.4 is 0 Å². The molecule has 0 amide bonds. The number of fused-ring (bicyclic) bond motifs is 1. The number of benzene rings is 2. The van der Waals surface area contributed by atoms with Crippen LogP contribution in [0.15, 0.2) is 48.7 Å². The molecule has 3 nitrogen and oxygen atoms in total. The zero-order chi connectivity index (χ0) is 17.6. The predicted molar refractivity (Wildman–Crippen MR) is 90.1 cm³/mol. The standard InChI is InChI=1S/C20H16F2N2O/c1-12-3-2-4-17(5-12)24-19-8-14(9-20(25)18(19)11-23-24)13-6-15(21)10-16(22)7-13/h2-7,10-11,14H,8-9H2,1H3. The highest BCUT2D eigenvalue weighted by molar-refractivity contribution is 5.98. The summed E-state index contributed by atoms with van der Waals surface area (Å²) in [7, 11) is 0. The predicted octanol–water partition coefficient (Wildman–Crippen LogP) is 4.37. The van der Waals surface area contributed by atoms with Crippen molar-refractivity contribution in [2.45, 2.75) is 25.7 Å². The summed E-state index contributed by atoms with van der Waals surface area (Å²) in [6, 6.07) is 11.3. The number of hydrogen-bond donors (Lipinski definition) is 0. The molecule has 0 spiro atoms. The van der Waals surface area contributed by atoms with Gasteiger partial charge < -0.3 is 0 Å². The number of nitrogens with zero attached hydrogens (tertiary/aromatic N) is 2. The van der Waals surface area contributed by atoms with Crippen LogP contribution in [0.1, 0.15) is 39.5 Å². The van der Waals surface area contributed by atoms with Gasteiger partial charge >= 0.3 is 0 Å². The molecule has 1 aliphatic rings. The van der Waals surface area contributed by atoms with Crippen molar-refractivity contribution >= 4 is 5.78 Å². The number of aryl methyl sites for hydroxylation is 1. The number of hydrogen-bond acceptors (Lipinski definition) is 2. The third-order valence-electron chi connectivity index (χ3n) is 4.64. The largest absolute Gasteiger partial charge is 0.294 e. The van der Waals surface area contributed by atoms with Crippen LogP contribution in [0.3, 0.4) is 0 Å². The van der Waals surface area contributed by atoms with Gasteiger partial charge in [0, 0.05) is 12.5 Å². The summed E-state index contributed by atoms with van der Waals surface area (Å²) in [5, 5.41) is 4.37. The molecular weight excluding hydrogens is 322 g/mol. The normalized spacial score (nSPS) is 16.8. The Morgan fingerprint density at radius 1 is 1.08 bits per heavy atom. The number of ketones is 1. The van der Waals surface area contributed by atoms with Gasteiger partial charge in [-0.15, -0.1) is 0 Å². The lowest BCUT2D eigenvalue weighted by Gasteiger charge is -2.23. The van der Waals surface area contributed by atoms with Crippen molar-refractivity contribution in [3.63, 3.8) is 0 Å². The van der Waals surface area contributed by atoms with Gasteiger partial charge in [0.15, 0.2) is 5.78 Å². The van der Waals surface area contributed by atoms with Crippen LogP contribution in [0.2, 0.25) is 0 Å². The molecule has 0 N–H and O–H groups in total. The van der Waals surface area contributed by atoms with Crippen molar-refractivity contribution in [3.8, 4) is 5.69 Å². The molecule has 0 bridgehead atoms. The van der Waals surface area contributed by atoms with Crippen molar-refractivity contribution in [2.75, 3.05) is 0 Å². The highest BCUT2D eigenvalue weighted by Gasteiger charge is 2.30. The number of Topliss-reactive ketones (excluding diaryl/α,β-unsaturated/α-hetero) is 1. The van der Waals surface area contributed by atoms with Gasteiger partial charge in [-0.25, -0.2) is 13.5 Å². The summed E-state index contributed by atoms with van der Waals surface area (Å²) in [5.74, 6) is -1.55. The molecule has 5 heteroatoms. The van der Waals surface area contributed by atoms with Crippen molar-refractivity contribution in [2.24, 2.45) is 0 Å². The maximum absolute atomic E-state index is 13.6. The van der Waals surface area contributed by atoms with Gasteiger partial charge in [-0.2, -0.15) is 5.10 Å². The molecule has 1 aliphatic carbocycles. The molecule has 0 radical (unpaired) electrons. The summed E-state index contributed by atoms with van der Waals surface area (Å²) >= 11 is 0. The summed E-state index contributed by atoms with van der Waals surface area (Å²) in [6.07, 6.45) is 2.33. The molecule has 25 heavy (non-hydrogen) atoms. The summed E-state index contributed by atoms with van der Waals surface area (Å²) in [4.78, 5) is 12.5. The minimum absolute atomic E-state index is 0.0465. The van der Waals surface area contributed by atoms with Gasteiger partial charge in [-0.3, -0.25) is 4.79 Å². The molecule has 126 valence electrons. The number of rotatable bonds is 2. The van der Waals surface area contributed by atoms with Crippen LogP contribution in [-0.2, 0) is 6.42 Å². The Bertz CT molecular complexity index is 957. The van der Waals surface area contributed by atoms with E-state index in [1.54, 1.807) is 10.9 Å². The second-order valence-electron chi connectivity index (χ2n) is 6.49. The van der Waals surface area contributed by atoms with Gasteiger partial charge in [-0.05, 0) is 54.7 Å². The van der Waals surface area contributed by atoms with Gasteiger partial charge in [0.05, 0.1) is 23.1 Å². The van der Waals surface area contributed by atoms with Gasteiger partial charge in [0.1, 0.15) is 11.6 Å². The average molecular weight is 338 g/mol. The molecule has 3 aromatic rings. The maximum Gasteiger partial charge on any atom is 0.166 e. The summed E-state index contributed by atoms with van der Waals surface area (Å²) in [6.45, 7) is 1.99. The molecule has 0 fully saturated rings. The minimum Gasteiger partial charge on any atom is -0.294 e. The van der Waals surface area contributed by atoms with E-state index in [0.717, 1.165) is 23.0 Å². The second-order valence-corrected chi connectivity index (χ2v) is 6.49. The van der Waals surface area contributed by atoms with Crippen molar-refractivity contribution in [1.82, 2.24) is 9.78 Å². The first-order valence-electron chi connectivity index (χ1n) is 8.14. The number of halogens is 2. The minimum atomic E-state index is -0.625. The van der Waals surface area contributed by atoms with E-state index in [2.05, 4.69) is 5.10 Å². The first-order chi connectivity index (χ1) is 12.0. The van der Waals surface area contributed by atoms with Gasteiger partial charge in [-0.1, -0.05) is 12.1 Å². The topological polar surface area (TPSA) is 34.9 Å². The van der Waals surface area contributed by atoms with Crippen LogP contribution in [0.5, 0.6) is 0 Å². The molecule has 0 saturated carbocycles. The third-order valence-corrected chi connectivity index (χ3v) is 4.64. The molecule has 0 saturated heterocycles. The number of carbonyl (C=O) groups is 1. The molecule has 4 rings (SSSR count). The average Bonchev–Trinajstić information content (AvgIpc) is 2.98. The lowest BCUT2D eigenvalue weighted by atomic mass is 9.82. The summed E-state index contributed by atoms with van der Waals surface area (Å²) < 4.78 is 28.9. The first kappa shape index (κ1) is 15.7. The highest BCUT2D eigenvalue weighted by atomic mass is 19.1. The number of aromatic nitrogens is 2.